The van der Waals surface area contributed by atoms with Crippen LogP contribution in [0.1, 0.15) is 22.0 Å². The maximum atomic E-state index is 12.3. The molecule has 0 fully saturated rings. The van der Waals surface area contributed by atoms with Gasteiger partial charge in [0.2, 0.25) is 0 Å². The Bertz CT molecular complexity index is 656. The van der Waals surface area contributed by atoms with Crippen LogP contribution >= 0.6 is 0 Å². The first-order chi connectivity index (χ1) is 11.0. The second kappa shape index (κ2) is 7.60. The van der Waals surface area contributed by atoms with Crippen molar-refractivity contribution < 1.29 is 9.53 Å². The van der Waals surface area contributed by atoms with Gasteiger partial charge in [-0.25, -0.2) is 4.98 Å². The smallest absolute Gasteiger partial charge is 0.255 e. The topological polar surface area (TPSA) is 80.5 Å². The number of hydrogen-bond donors (Lipinski definition) is 2. The monoisotopic (exact) mass is 314 g/mol. The minimum Gasteiger partial charge on any atom is -0.497 e. The first kappa shape index (κ1) is 16.8. The second-order valence-corrected chi connectivity index (χ2v) is 5.40. The van der Waals surface area contributed by atoms with Crippen molar-refractivity contribution in [1.29, 1.82) is 0 Å². The zero-order valence-electron chi connectivity index (χ0n) is 13.6. The number of nitrogens with zero attached hydrogens (tertiary/aromatic N) is 2. The van der Waals surface area contributed by atoms with E-state index in [1.54, 1.807) is 25.4 Å². The van der Waals surface area contributed by atoms with Gasteiger partial charge in [-0.2, -0.15) is 0 Å². The normalized spacial score (nSPS) is 12.0. The Kier molecular flexibility index (Phi) is 5.54. The molecule has 1 unspecified atom stereocenters. The summed E-state index contributed by atoms with van der Waals surface area (Å²) in [6, 6.07) is 11.2. The molecule has 0 radical (unpaired) electrons. The molecule has 1 amide bonds. The van der Waals surface area contributed by atoms with Gasteiger partial charge < -0.3 is 20.7 Å². The van der Waals surface area contributed by atoms with Crippen LogP contribution in [0, 0.1) is 0 Å². The third-order valence-electron chi connectivity index (χ3n) is 3.66. The van der Waals surface area contributed by atoms with Crippen molar-refractivity contribution in [3.63, 3.8) is 0 Å². The molecule has 6 heteroatoms. The van der Waals surface area contributed by atoms with Crippen LogP contribution in [-0.4, -0.2) is 43.5 Å². The molecule has 0 saturated heterocycles. The molecular formula is C17H22N4O2. The van der Waals surface area contributed by atoms with Crippen molar-refractivity contribution in [1.82, 2.24) is 15.2 Å². The Balaban J connectivity index is 2.08. The van der Waals surface area contributed by atoms with Crippen LogP contribution in [-0.2, 0) is 0 Å². The van der Waals surface area contributed by atoms with E-state index in [2.05, 4.69) is 15.2 Å². The molecule has 0 aliphatic rings. The van der Waals surface area contributed by atoms with E-state index in [1.807, 2.05) is 38.4 Å². The lowest BCUT2D eigenvalue weighted by atomic mass is 10.1. The predicted molar refractivity (Wildman–Crippen MR) is 90.4 cm³/mol. The highest BCUT2D eigenvalue weighted by Crippen LogP contribution is 2.21. The van der Waals surface area contributed by atoms with Crippen LogP contribution in [0.15, 0.2) is 42.6 Å². The Morgan fingerprint density at radius 3 is 2.57 bits per heavy atom. The molecule has 0 spiro atoms. The Labute approximate surface area is 136 Å². The van der Waals surface area contributed by atoms with Gasteiger partial charge in [-0.1, -0.05) is 12.1 Å². The number of amides is 1. The number of rotatable bonds is 6. The predicted octanol–water partition coefficient (Wildman–Crippen LogP) is 1.71. The lowest BCUT2D eigenvalue weighted by molar-refractivity contribution is 0.0942. The fourth-order valence-electron chi connectivity index (χ4n) is 2.32. The maximum Gasteiger partial charge on any atom is 0.255 e. The van der Waals surface area contributed by atoms with Gasteiger partial charge in [-0.15, -0.1) is 0 Å². The van der Waals surface area contributed by atoms with E-state index in [-0.39, 0.29) is 17.8 Å². The molecule has 0 bridgehead atoms. The zero-order chi connectivity index (χ0) is 16.8. The summed E-state index contributed by atoms with van der Waals surface area (Å²) in [5.74, 6) is 0.810. The van der Waals surface area contributed by atoms with Gasteiger partial charge in [0.1, 0.15) is 11.6 Å². The average molecular weight is 314 g/mol. The van der Waals surface area contributed by atoms with Gasteiger partial charge in [0.05, 0.1) is 18.7 Å². The SMILES string of the molecule is COc1ccc(C(CNC(=O)c2cccnc2N)N(C)C)cc1. The third kappa shape index (κ3) is 4.20. The second-order valence-electron chi connectivity index (χ2n) is 5.40. The summed E-state index contributed by atoms with van der Waals surface area (Å²) in [5.41, 5.74) is 7.22. The summed E-state index contributed by atoms with van der Waals surface area (Å²) in [5, 5.41) is 2.92. The van der Waals surface area contributed by atoms with Crippen LogP contribution in [0.25, 0.3) is 0 Å². The molecule has 23 heavy (non-hydrogen) atoms. The molecule has 1 aromatic carbocycles. The fourth-order valence-corrected chi connectivity index (χ4v) is 2.32. The standard InChI is InChI=1S/C17H22N4O2/c1-21(2)15(12-6-8-13(23-3)9-7-12)11-20-17(22)14-5-4-10-19-16(14)18/h4-10,15H,11H2,1-3H3,(H2,18,19)(H,20,22). The molecule has 3 N–H and O–H groups in total. The maximum absolute atomic E-state index is 12.3. The molecule has 122 valence electrons. The van der Waals surface area contributed by atoms with E-state index in [4.69, 9.17) is 10.5 Å². The largest absolute Gasteiger partial charge is 0.497 e. The number of aromatic nitrogens is 1. The number of pyridine rings is 1. The van der Waals surface area contributed by atoms with E-state index >= 15 is 0 Å². The molecule has 0 saturated carbocycles. The van der Waals surface area contributed by atoms with Gasteiger partial charge in [-0.3, -0.25) is 4.79 Å². The summed E-state index contributed by atoms with van der Waals surface area (Å²) in [6.45, 7) is 0.465. The summed E-state index contributed by atoms with van der Waals surface area (Å²) >= 11 is 0. The number of carbonyl (C=O) groups is 1. The average Bonchev–Trinajstić information content (AvgIpc) is 2.55. The number of carbonyl (C=O) groups excluding carboxylic acids is 1. The van der Waals surface area contributed by atoms with Crippen LogP contribution in [0.2, 0.25) is 0 Å². The summed E-state index contributed by atoms with van der Waals surface area (Å²) in [7, 11) is 5.58. The van der Waals surface area contributed by atoms with Crippen molar-refractivity contribution >= 4 is 11.7 Å². The van der Waals surface area contributed by atoms with E-state index in [1.165, 1.54) is 0 Å². The first-order valence-electron chi connectivity index (χ1n) is 7.32. The van der Waals surface area contributed by atoms with E-state index in [9.17, 15) is 4.79 Å². The minimum atomic E-state index is -0.226. The number of benzene rings is 1. The van der Waals surface area contributed by atoms with Crippen molar-refractivity contribution in [2.75, 3.05) is 33.5 Å². The number of hydrogen-bond acceptors (Lipinski definition) is 5. The zero-order valence-corrected chi connectivity index (χ0v) is 13.6. The molecule has 2 aromatic rings. The number of methoxy groups -OCH3 is 1. The van der Waals surface area contributed by atoms with Gasteiger partial charge in [0, 0.05) is 12.7 Å². The number of nitrogens with one attached hydrogen (secondary N) is 1. The van der Waals surface area contributed by atoms with Gasteiger partial charge >= 0.3 is 0 Å². The Hall–Kier alpha value is -2.60. The summed E-state index contributed by atoms with van der Waals surface area (Å²) in [6.07, 6.45) is 1.56. The number of anilines is 1. The van der Waals surface area contributed by atoms with Crippen molar-refractivity contribution in [2.24, 2.45) is 0 Å². The molecule has 1 heterocycles. The van der Waals surface area contributed by atoms with Gasteiger partial charge in [0.25, 0.3) is 5.91 Å². The van der Waals surface area contributed by atoms with Crippen molar-refractivity contribution in [3.05, 3.63) is 53.7 Å². The first-order valence-corrected chi connectivity index (χ1v) is 7.32. The van der Waals surface area contributed by atoms with Crippen LogP contribution in [0.4, 0.5) is 5.82 Å². The van der Waals surface area contributed by atoms with E-state index in [0.29, 0.717) is 12.1 Å². The quantitative estimate of drug-likeness (QED) is 0.848. The molecule has 6 nitrogen and oxygen atoms in total. The molecule has 1 atom stereocenters. The summed E-state index contributed by atoms with van der Waals surface area (Å²) in [4.78, 5) is 18.2. The van der Waals surface area contributed by atoms with E-state index in [0.717, 1.165) is 11.3 Å². The molecular weight excluding hydrogens is 292 g/mol. The minimum absolute atomic E-state index is 0.0442. The van der Waals surface area contributed by atoms with Gasteiger partial charge in [0.15, 0.2) is 0 Å². The molecule has 0 aliphatic carbocycles. The van der Waals surface area contributed by atoms with Crippen LogP contribution < -0.4 is 15.8 Å². The molecule has 2 rings (SSSR count). The van der Waals surface area contributed by atoms with Crippen molar-refractivity contribution in [3.8, 4) is 5.75 Å². The van der Waals surface area contributed by atoms with E-state index < -0.39 is 0 Å². The lowest BCUT2D eigenvalue weighted by Gasteiger charge is -2.25. The third-order valence-corrected chi connectivity index (χ3v) is 3.66. The lowest BCUT2D eigenvalue weighted by Crippen LogP contribution is -2.34. The number of likely N-dealkylation sites (N-methyl/N-ethyl adjacent to an activating group) is 1. The van der Waals surface area contributed by atoms with Crippen LogP contribution in [0.5, 0.6) is 5.75 Å². The highest BCUT2D eigenvalue weighted by Gasteiger charge is 2.17. The Morgan fingerprint density at radius 1 is 1.30 bits per heavy atom. The number of nitrogen functional groups attached to an aromatic ring is 1. The van der Waals surface area contributed by atoms with Crippen molar-refractivity contribution in [2.45, 2.75) is 6.04 Å². The molecule has 1 aromatic heterocycles. The number of nitrogens with two attached hydrogens (primary N) is 1. The van der Waals surface area contributed by atoms with Gasteiger partial charge in [-0.05, 0) is 43.9 Å². The highest BCUT2D eigenvalue weighted by atomic mass is 16.5. The fraction of sp³-hybridized carbons (Fsp3) is 0.294. The highest BCUT2D eigenvalue weighted by molar-refractivity contribution is 5.98. The summed E-state index contributed by atoms with van der Waals surface area (Å²) < 4.78 is 5.17. The Morgan fingerprint density at radius 2 is 2.00 bits per heavy atom. The molecule has 0 aliphatic heterocycles. The number of ether oxygens (including phenoxy) is 1. The van der Waals surface area contributed by atoms with Crippen LogP contribution in [0.3, 0.4) is 0 Å².